The van der Waals surface area contributed by atoms with Crippen LogP contribution >= 0.6 is 0 Å². The first-order valence-electron chi connectivity index (χ1n) is 11.9. The Morgan fingerprint density at radius 1 is 1.26 bits per heavy atom. The van der Waals surface area contributed by atoms with Crippen molar-refractivity contribution < 1.29 is 9.59 Å². The van der Waals surface area contributed by atoms with Crippen LogP contribution in [-0.2, 0) is 11.2 Å². The number of hydrogen-bond donors (Lipinski definition) is 3. The number of aromatic nitrogens is 3. The third-order valence-electron chi connectivity index (χ3n) is 6.85. The molecule has 1 amide bonds. The Kier molecular flexibility index (Phi) is 6.24. The molecule has 3 N–H and O–H groups in total. The predicted molar refractivity (Wildman–Crippen MR) is 130 cm³/mol. The van der Waals surface area contributed by atoms with Crippen molar-refractivity contribution in [2.75, 3.05) is 0 Å². The van der Waals surface area contributed by atoms with Crippen molar-refractivity contribution >= 4 is 29.8 Å². The second-order valence-corrected chi connectivity index (χ2v) is 9.02. The molecule has 1 fully saturated rings. The SMILES string of the molecule is Cc1[nH]c(C=C2NC=CN=C2C2C=NNC2=O)c(C2CCCCC2)c1CCC(=O)n1ccnc1. The van der Waals surface area contributed by atoms with E-state index in [1.807, 2.05) is 0 Å². The second-order valence-electron chi connectivity index (χ2n) is 9.02. The van der Waals surface area contributed by atoms with Crippen LogP contribution in [0.15, 0.2) is 46.9 Å². The number of aryl methyl sites for hydroxylation is 1. The average Bonchev–Trinajstić information content (AvgIpc) is 3.60. The minimum atomic E-state index is -0.523. The van der Waals surface area contributed by atoms with Crippen LogP contribution in [0.4, 0.5) is 0 Å². The first kappa shape index (κ1) is 22.1. The van der Waals surface area contributed by atoms with Crippen molar-refractivity contribution in [2.45, 2.75) is 57.8 Å². The molecular formula is C25H29N7O2. The molecule has 1 aliphatic carbocycles. The summed E-state index contributed by atoms with van der Waals surface area (Å²) >= 11 is 0. The largest absolute Gasteiger partial charge is 0.359 e. The average molecular weight is 460 g/mol. The Bertz CT molecular complexity index is 1190. The number of carbonyl (C=O) groups is 2. The van der Waals surface area contributed by atoms with E-state index in [2.05, 4.69) is 43.8 Å². The number of H-pyrrole nitrogens is 1. The highest BCUT2D eigenvalue weighted by Gasteiger charge is 2.31. The highest BCUT2D eigenvalue weighted by molar-refractivity contribution is 6.24. The highest BCUT2D eigenvalue weighted by atomic mass is 16.2. The van der Waals surface area contributed by atoms with Gasteiger partial charge in [0.15, 0.2) is 0 Å². The van der Waals surface area contributed by atoms with Crippen LogP contribution in [0.25, 0.3) is 6.08 Å². The molecule has 4 heterocycles. The van der Waals surface area contributed by atoms with Crippen molar-refractivity contribution in [2.24, 2.45) is 16.0 Å². The van der Waals surface area contributed by atoms with E-state index in [1.165, 1.54) is 30.4 Å². The molecule has 34 heavy (non-hydrogen) atoms. The summed E-state index contributed by atoms with van der Waals surface area (Å²) in [5.74, 6) is -0.229. The van der Waals surface area contributed by atoms with E-state index in [4.69, 9.17) is 0 Å². The number of hydrazone groups is 1. The summed E-state index contributed by atoms with van der Waals surface area (Å²) in [5.41, 5.74) is 8.52. The quantitative estimate of drug-likeness (QED) is 0.614. The van der Waals surface area contributed by atoms with Gasteiger partial charge >= 0.3 is 0 Å². The summed E-state index contributed by atoms with van der Waals surface area (Å²) < 4.78 is 1.54. The maximum atomic E-state index is 12.6. The molecule has 2 aliphatic heterocycles. The normalized spacial score (nSPS) is 21.6. The number of aliphatic imine (C=N–C) groups is 1. The summed E-state index contributed by atoms with van der Waals surface area (Å²) in [5, 5.41) is 7.17. The van der Waals surface area contributed by atoms with Gasteiger partial charge in [0.2, 0.25) is 5.91 Å². The number of allylic oxidation sites excluding steroid dienone is 1. The Morgan fingerprint density at radius 3 is 2.85 bits per heavy atom. The molecule has 9 nitrogen and oxygen atoms in total. The van der Waals surface area contributed by atoms with Gasteiger partial charge in [-0.15, -0.1) is 0 Å². The first-order valence-corrected chi connectivity index (χ1v) is 11.9. The van der Waals surface area contributed by atoms with Crippen molar-refractivity contribution in [3.8, 4) is 0 Å². The first-order chi connectivity index (χ1) is 16.6. The number of hydrogen-bond acceptors (Lipinski definition) is 6. The smallest absolute Gasteiger partial charge is 0.254 e. The van der Waals surface area contributed by atoms with E-state index in [0.29, 0.717) is 24.5 Å². The topological polar surface area (TPSA) is 117 Å². The number of imidazole rings is 1. The molecule has 0 bridgehead atoms. The molecule has 1 unspecified atom stereocenters. The molecule has 2 aromatic heterocycles. The molecule has 5 rings (SSSR count). The van der Waals surface area contributed by atoms with Crippen LogP contribution in [0.2, 0.25) is 0 Å². The van der Waals surface area contributed by atoms with Crippen LogP contribution in [0.1, 0.15) is 71.8 Å². The third kappa shape index (κ3) is 4.37. The molecule has 1 saturated carbocycles. The number of aromatic amines is 1. The van der Waals surface area contributed by atoms with E-state index in [1.54, 1.807) is 41.9 Å². The van der Waals surface area contributed by atoms with E-state index >= 15 is 0 Å². The molecule has 0 saturated heterocycles. The lowest BCUT2D eigenvalue weighted by molar-refractivity contribution is -0.120. The van der Waals surface area contributed by atoms with Gasteiger partial charge in [-0.1, -0.05) is 19.3 Å². The second kappa shape index (κ2) is 9.62. The Morgan fingerprint density at radius 2 is 2.12 bits per heavy atom. The summed E-state index contributed by atoms with van der Waals surface area (Å²) in [7, 11) is 0. The lowest BCUT2D eigenvalue weighted by atomic mass is 9.81. The van der Waals surface area contributed by atoms with Gasteiger partial charge in [0.25, 0.3) is 5.91 Å². The molecule has 0 aromatic carbocycles. The van der Waals surface area contributed by atoms with E-state index < -0.39 is 5.92 Å². The van der Waals surface area contributed by atoms with Gasteiger partial charge in [0.05, 0.1) is 11.4 Å². The van der Waals surface area contributed by atoms with Crippen LogP contribution in [-0.4, -0.2) is 38.3 Å². The Hall–Kier alpha value is -3.75. The molecule has 3 aliphatic rings. The zero-order chi connectivity index (χ0) is 23.5. The van der Waals surface area contributed by atoms with Gasteiger partial charge in [0, 0.05) is 48.8 Å². The van der Waals surface area contributed by atoms with Crippen molar-refractivity contribution in [3.05, 3.63) is 59.3 Å². The molecular weight excluding hydrogens is 430 g/mol. The van der Waals surface area contributed by atoms with Crippen LogP contribution in [0.3, 0.4) is 0 Å². The van der Waals surface area contributed by atoms with Crippen molar-refractivity contribution in [1.29, 1.82) is 0 Å². The zero-order valence-electron chi connectivity index (χ0n) is 19.3. The Labute approximate surface area is 198 Å². The fraction of sp³-hybridized carbons (Fsp3) is 0.400. The highest BCUT2D eigenvalue weighted by Crippen LogP contribution is 2.39. The molecule has 0 spiro atoms. The monoisotopic (exact) mass is 459 g/mol. The summed E-state index contributed by atoms with van der Waals surface area (Å²) in [6.45, 7) is 2.08. The number of amides is 1. The predicted octanol–water partition coefficient (Wildman–Crippen LogP) is 3.43. The van der Waals surface area contributed by atoms with Crippen molar-refractivity contribution in [3.63, 3.8) is 0 Å². The summed E-state index contributed by atoms with van der Waals surface area (Å²) in [4.78, 5) is 36.9. The van der Waals surface area contributed by atoms with Gasteiger partial charge in [-0.05, 0) is 49.3 Å². The minimum Gasteiger partial charge on any atom is -0.359 e. The van der Waals surface area contributed by atoms with Gasteiger partial charge < -0.3 is 10.3 Å². The van der Waals surface area contributed by atoms with E-state index in [-0.39, 0.29) is 11.8 Å². The Balaban J connectivity index is 1.49. The van der Waals surface area contributed by atoms with Crippen LogP contribution < -0.4 is 10.7 Å². The lowest BCUT2D eigenvalue weighted by Crippen LogP contribution is -2.32. The number of rotatable bonds is 6. The molecule has 0 radical (unpaired) electrons. The van der Waals surface area contributed by atoms with Gasteiger partial charge in [-0.25, -0.2) is 10.4 Å². The molecule has 1 atom stereocenters. The third-order valence-corrected chi connectivity index (χ3v) is 6.85. The number of carbonyl (C=O) groups excluding carboxylic acids is 2. The zero-order valence-corrected chi connectivity index (χ0v) is 19.3. The maximum absolute atomic E-state index is 12.6. The minimum absolute atomic E-state index is 0.0348. The van der Waals surface area contributed by atoms with Crippen LogP contribution in [0.5, 0.6) is 0 Å². The van der Waals surface area contributed by atoms with Gasteiger partial charge in [0.1, 0.15) is 12.2 Å². The number of nitrogens with one attached hydrogen (secondary N) is 3. The summed E-state index contributed by atoms with van der Waals surface area (Å²) in [6, 6.07) is 0. The van der Waals surface area contributed by atoms with Gasteiger partial charge in [-0.3, -0.25) is 19.1 Å². The lowest BCUT2D eigenvalue weighted by Gasteiger charge is -2.24. The number of nitrogens with zero attached hydrogens (tertiary/aromatic N) is 4. The molecule has 2 aromatic rings. The standard InChI is InChI=1S/C25H29N7O2/c1-16-18(7-8-22(33)32-12-11-26-15-32)23(17-5-3-2-4-6-17)20(30-16)13-21-24(28-10-9-27-21)19-14-29-31-25(19)34/h9-15,17,19,27,30H,2-8H2,1H3,(H,31,34). The van der Waals surface area contributed by atoms with Gasteiger partial charge in [-0.2, -0.15) is 5.10 Å². The molecule has 9 heteroatoms. The van der Waals surface area contributed by atoms with E-state index in [9.17, 15) is 9.59 Å². The van der Waals surface area contributed by atoms with Crippen molar-refractivity contribution in [1.82, 2.24) is 25.3 Å². The van der Waals surface area contributed by atoms with Crippen LogP contribution in [0, 0.1) is 12.8 Å². The van der Waals surface area contributed by atoms with E-state index in [0.717, 1.165) is 29.9 Å². The fourth-order valence-corrected chi connectivity index (χ4v) is 5.17. The maximum Gasteiger partial charge on any atom is 0.254 e. The molecule has 176 valence electrons. The summed E-state index contributed by atoms with van der Waals surface area (Å²) in [6.07, 6.45) is 19.0. The fourth-order valence-electron chi connectivity index (χ4n) is 5.17.